The zero-order valence-corrected chi connectivity index (χ0v) is 14.2. The van der Waals surface area contributed by atoms with E-state index >= 15 is 0 Å². The van der Waals surface area contributed by atoms with Crippen molar-refractivity contribution < 1.29 is 9.59 Å². The van der Waals surface area contributed by atoms with E-state index < -0.39 is 17.2 Å². The normalized spacial score (nSPS) is 20.7. The lowest BCUT2D eigenvalue weighted by atomic mass is 9.72. The van der Waals surface area contributed by atoms with Gasteiger partial charge in [-0.1, -0.05) is 25.6 Å². The molecule has 0 spiro atoms. The Morgan fingerprint density at radius 3 is 2.45 bits per heavy atom. The number of hydrogen-bond donors (Lipinski definition) is 2. The quantitative estimate of drug-likeness (QED) is 0.822. The Hall–Kier alpha value is -1.99. The van der Waals surface area contributed by atoms with Crippen molar-refractivity contribution in [2.24, 2.45) is 11.3 Å². The molecule has 6 nitrogen and oxygen atoms in total. The van der Waals surface area contributed by atoms with Gasteiger partial charge < -0.3 is 10.6 Å². The Bertz CT molecular complexity index is 603. The van der Waals surface area contributed by atoms with Crippen LogP contribution in [0.5, 0.6) is 0 Å². The number of carbonyl (C=O) groups is 2. The van der Waals surface area contributed by atoms with Crippen molar-refractivity contribution in [3.05, 3.63) is 10.6 Å². The summed E-state index contributed by atoms with van der Waals surface area (Å²) in [6, 6.07) is 4.00. The molecule has 1 aliphatic rings. The highest BCUT2D eigenvalue weighted by atomic mass is 32.2. The van der Waals surface area contributed by atoms with E-state index in [-0.39, 0.29) is 17.2 Å². The highest BCUT2D eigenvalue weighted by Gasteiger charge is 2.44. The maximum absolute atomic E-state index is 12.0. The summed E-state index contributed by atoms with van der Waals surface area (Å²) in [5, 5.41) is 24.2. The minimum absolute atomic E-state index is 0.0887. The van der Waals surface area contributed by atoms with Crippen LogP contribution < -0.4 is 10.6 Å². The average molecular weight is 320 g/mol. The number of allylic oxidation sites excluding steroid dienone is 1. The van der Waals surface area contributed by atoms with E-state index in [0.29, 0.717) is 10.6 Å². The number of nitrogens with one attached hydrogen (secondary N) is 2. The molecular weight excluding hydrogens is 300 g/mol. The largest absolute Gasteiger partial charge is 0.351 e. The maximum atomic E-state index is 12.0. The molecule has 0 fully saturated rings. The lowest BCUT2D eigenvalue weighted by molar-refractivity contribution is -0.125. The lowest BCUT2D eigenvalue weighted by Crippen LogP contribution is -2.45. The molecule has 0 aliphatic carbocycles. The van der Waals surface area contributed by atoms with Crippen molar-refractivity contribution in [1.29, 1.82) is 10.5 Å². The molecule has 0 radical (unpaired) electrons. The molecule has 0 unspecified atom stereocenters. The Morgan fingerprint density at radius 1 is 1.41 bits per heavy atom. The summed E-state index contributed by atoms with van der Waals surface area (Å²) < 4.78 is 0. The van der Waals surface area contributed by atoms with Gasteiger partial charge in [0.25, 0.3) is 0 Å². The van der Waals surface area contributed by atoms with Crippen LogP contribution in [0.15, 0.2) is 10.6 Å². The van der Waals surface area contributed by atoms with Gasteiger partial charge in [0, 0.05) is 11.0 Å². The third kappa shape index (κ3) is 4.02. The summed E-state index contributed by atoms with van der Waals surface area (Å²) in [6.45, 7) is 9.00. The molecule has 0 aromatic heterocycles. The van der Waals surface area contributed by atoms with Crippen LogP contribution in [0.1, 0.15) is 34.6 Å². The summed E-state index contributed by atoms with van der Waals surface area (Å²) in [4.78, 5) is 23.9. The van der Waals surface area contributed by atoms with E-state index in [2.05, 4.69) is 16.7 Å². The number of nitriles is 2. The zero-order chi connectivity index (χ0) is 17.1. The number of rotatable bonds is 3. The highest BCUT2D eigenvalue weighted by Crippen LogP contribution is 2.41. The van der Waals surface area contributed by atoms with Gasteiger partial charge in [-0.3, -0.25) is 9.59 Å². The SMILES string of the molecule is CC(C)(C)NC(=O)CSC1=C(C#N)C(C)(C)[C@@H](C#N)C(=O)N1. The van der Waals surface area contributed by atoms with Crippen LogP contribution in [0, 0.1) is 34.0 Å². The van der Waals surface area contributed by atoms with Crippen LogP contribution in [0.25, 0.3) is 0 Å². The fraction of sp³-hybridized carbons (Fsp3) is 0.600. The lowest BCUT2D eigenvalue weighted by Gasteiger charge is -2.34. The predicted molar refractivity (Wildman–Crippen MR) is 84.0 cm³/mol. The van der Waals surface area contributed by atoms with Crippen molar-refractivity contribution in [2.45, 2.75) is 40.2 Å². The molecule has 7 heteroatoms. The minimum Gasteiger partial charge on any atom is -0.351 e. The molecule has 0 saturated carbocycles. The molecule has 1 atom stereocenters. The van der Waals surface area contributed by atoms with Gasteiger partial charge >= 0.3 is 0 Å². The van der Waals surface area contributed by atoms with Crippen molar-refractivity contribution in [2.75, 3.05) is 5.75 Å². The summed E-state index contributed by atoms with van der Waals surface area (Å²) in [6.07, 6.45) is 0. The summed E-state index contributed by atoms with van der Waals surface area (Å²) in [5.41, 5.74) is -0.896. The second-order valence-electron chi connectivity index (χ2n) is 6.68. The van der Waals surface area contributed by atoms with Crippen LogP contribution in [-0.4, -0.2) is 23.1 Å². The van der Waals surface area contributed by atoms with E-state index in [1.54, 1.807) is 13.8 Å². The highest BCUT2D eigenvalue weighted by molar-refractivity contribution is 8.03. The third-order valence-corrected chi connectivity index (χ3v) is 4.20. The monoisotopic (exact) mass is 320 g/mol. The average Bonchev–Trinajstić information content (AvgIpc) is 2.33. The van der Waals surface area contributed by atoms with Gasteiger partial charge in [0.1, 0.15) is 5.92 Å². The van der Waals surface area contributed by atoms with Crippen LogP contribution >= 0.6 is 11.8 Å². The maximum Gasteiger partial charge on any atom is 0.243 e. The fourth-order valence-corrected chi connectivity index (χ4v) is 3.10. The molecule has 2 N–H and O–H groups in total. The standard InChI is InChI=1S/C15H20N4O2S/c1-14(2,3)19-11(20)8-22-13-10(7-17)15(4,5)9(6-16)12(21)18-13/h9H,8H2,1-5H3,(H,18,21)(H,19,20)/t9-/m0/s1. The van der Waals surface area contributed by atoms with Crippen LogP contribution in [0.2, 0.25) is 0 Å². The summed E-state index contributed by atoms with van der Waals surface area (Å²) in [5.74, 6) is -1.46. The molecular formula is C15H20N4O2S. The summed E-state index contributed by atoms with van der Waals surface area (Å²) in [7, 11) is 0. The first-order valence-corrected chi connectivity index (χ1v) is 7.80. The number of carbonyl (C=O) groups excluding carboxylic acids is 2. The minimum atomic E-state index is -0.921. The van der Waals surface area contributed by atoms with Crippen molar-refractivity contribution in [3.63, 3.8) is 0 Å². The molecule has 1 aliphatic heterocycles. The molecule has 0 aromatic carbocycles. The van der Waals surface area contributed by atoms with Gasteiger partial charge in [0.15, 0.2) is 0 Å². The second-order valence-corrected chi connectivity index (χ2v) is 7.66. The van der Waals surface area contributed by atoms with E-state index in [1.807, 2.05) is 26.8 Å². The van der Waals surface area contributed by atoms with Gasteiger partial charge in [0.2, 0.25) is 11.8 Å². The van der Waals surface area contributed by atoms with Crippen LogP contribution in [-0.2, 0) is 9.59 Å². The van der Waals surface area contributed by atoms with E-state index in [4.69, 9.17) is 5.26 Å². The zero-order valence-electron chi connectivity index (χ0n) is 13.4. The Morgan fingerprint density at radius 2 is 2.00 bits per heavy atom. The Balaban J connectivity index is 2.96. The van der Waals surface area contributed by atoms with E-state index in [1.165, 1.54) is 0 Å². The fourth-order valence-electron chi connectivity index (χ4n) is 2.13. The first-order chi connectivity index (χ1) is 10.0. The van der Waals surface area contributed by atoms with Crippen molar-refractivity contribution in [1.82, 2.24) is 10.6 Å². The van der Waals surface area contributed by atoms with Gasteiger partial charge in [-0.2, -0.15) is 10.5 Å². The van der Waals surface area contributed by atoms with E-state index in [9.17, 15) is 14.9 Å². The van der Waals surface area contributed by atoms with Gasteiger partial charge in [-0.25, -0.2) is 0 Å². The molecule has 0 saturated heterocycles. The molecule has 0 bridgehead atoms. The molecule has 1 rings (SSSR count). The molecule has 0 aromatic rings. The number of amides is 2. The smallest absolute Gasteiger partial charge is 0.243 e. The molecule has 118 valence electrons. The Labute approximate surface area is 134 Å². The molecule has 22 heavy (non-hydrogen) atoms. The Kier molecular flexibility index (Phi) is 5.26. The van der Waals surface area contributed by atoms with Crippen molar-refractivity contribution >= 4 is 23.6 Å². The first kappa shape index (κ1) is 18.1. The molecule has 2 amide bonds. The van der Waals surface area contributed by atoms with Gasteiger partial charge in [-0.05, 0) is 20.8 Å². The van der Waals surface area contributed by atoms with E-state index in [0.717, 1.165) is 11.8 Å². The number of thioether (sulfide) groups is 1. The molecule has 1 heterocycles. The topological polar surface area (TPSA) is 106 Å². The third-order valence-electron chi connectivity index (χ3n) is 3.19. The number of nitrogens with zero attached hydrogens (tertiary/aromatic N) is 2. The summed E-state index contributed by atoms with van der Waals surface area (Å²) >= 11 is 1.10. The van der Waals surface area contributed by atoms with Crippen LogP contribution in [0.3, 0.4) is 0 Å². The van der Waals surface area contributed by atoms with Crippen molar-refractivity contribution in [3.8, 4) is 12.1 Å². The van der Waals surface area contributed by atoms with Crippen LogP contribution in [0.4, 0.5) is 0 Å². The second kappa shape index (κ2) is 6.41. The predicted octanol–water partition coefficient (Wildman–Crippen LogP) is 1.67. The first-order valence-electron chi connectivity index (χ1n) is 6.82. The van der Waals surface area contributed by atoms with Gasteiger partial charge in [-0.15, -0.1) is 0 Å². The van der Waals surface area contributed by atoms with Gasteiger partial charge in [0.05, 0.1) is 28.5 Å². The number of hydrogen-bond acceptors (Lipinski definition) is 5.